The lowest BCUT2D eigenvalue weighted by molar-refractivity contribution is -0.115. The van der Waals surface area contributed by atoms with Gasteiger partial charge in [0.05, 0.1) is 10.8 Å². The SMILES string of the molecule is CC(C(=O)Nc1ccc(N)cc1)S(=O)c1cccc(Cl)c1. The molecule has 0 aliphatic rings. The average Bonchev–Trinajstić information content (AvgIpc) is 2.48. The summed E-state index contributed by atoms with van der Waals surface area (Å²) in [6.45, 7) is 1.61. The predicted octanol–water partition coefficient (Wildman–Crippen LogP) is 3.06. The molecule has 3 N–H and O–H groups in total. The molecule has 0 aliphatic carbocycles. The summed E-state index contributed by atoms with van der Waals surface area (Å²) in [6.07, 6.45) is 0. The van der Waals surface area contributed by atoms with E-state index in [-0.39, 0.29) is 5.91 Å². The molecule has 0 aliphatic heterocycles. The Morgan fingerprint density at radius 1 is 1.24 bits per heavy atom. The zero-order valence-corrected chi connectivity index (χ0v) is 12.9. The summed E-state index contributed by atoms with van der Waals surface area (Å²) >= 11 is 5.87. The quantitative estimate of drug-likeness (QED) is 0.850. The van der Waals surface area contributed by atoms with Crippen molar-refractivity contribution in [3.8, 4) is 0 Å². The fourth-order valence-electron chi connectivity index (χ4n) is 1.70. The molecule has 0 aromatic heterocycles. The molecule has 0 saturated heterocycles. The van der Waals surface area contributed by atoms with Crippen LogP contribution in [0.3, 0.4) is 0 Å². The number of nitrogen functional groups attached to an aromatic ring is 1. The maximum atomic E-state index is 12.4. The summed E-state index contributed by atoms with van der Waals surface area (Å²) in [6, 6.07) is 13.5. The second-order valence-electron chi connectivity index (χ2n) is 4.51. The van der Waals surface area contributed by atoms with E-state index in [1.165, 1.54) is 0 Å². The summed E-state index contributed by atoms with van der Waals surface area (Å²) in [7, 11) is -1.47. The zero-order chi connectivity index (χ0) is 15.4. The first kappa shape index (κ1) is 15.5. The van der Waals surface area contributed by atoms with Crippen LogP contribution < -0.4 is 11.1 Å². The minimum absolute atomic E-state index is 0.321. The van der Waals surface area contributed by atoms with E-state index < -0.39 is 16.0 Å². The monoisotopic (exact) mass is 322 g/mol. The first-order chi connectivity index (χ1) is 9.97. The minimum atomic E-state index is -1.47. The molecule has 2 aromatic carbocycles. The van der Waals surface area contributed by atoms with E-state index in [1.807, 2.05) is 0 Å². The van der Waals surface area contributed by atoms with Gasteiger partial charge in [-0.2, -0.15) is 0 Å². The molecule has 0 fully saturated rings. The number of hydrogen-bond donors (Lipinski definition) is 2. The highest BCUT2D eigenvalue weighted by molar-refractivity contribution is 7.86. The second-order valence-corrected chi connectivity index (χ2v) is 6.72. The fraction of sp³-hybridized carbons (Fsp3) is 0.133. The Morgan fingerprint density at radius 2 is 1.90 bits per heavy atom. The van der Waals surface area contributed by atoms with Crippen LogP contribution in [-0.2, 0) is 15.6 Å². The topological polar surface area (TPSA) is 72.2 Å². The maximum absolute atomic E-state index is 12.4. The largest absolute Gasteiger partial charge is 0.399 e. The van der Waals surface area contributed by atoms with Crippen molar-refractivity contribution in [1.82, 2.24) is 0 Å². The minimum Gasteiger partial charge on any atom is -0.399 e. The van der Waals surface area contributed by atoms with Gasteiger partial charge in [-0.15, -0.1) is 0 Å². The van der Waals surface area contributed by atoms with Gasteiger partial charge in [-0.05, 0) is 49.4 Å². The van der Waals surface area contributed by atoms with E-state index in [9.17, 15) is 9.00 Å². The highest BCUT2D eigenvalue weighted by atomic mass is 35.5. The Bertz CT molecular complexity index is 674. The third-order valence-corrected chi connectivity index (χ3v) is 4.71. The normalized spacial score (nSPS) is 13.4. The van der Waals surface area contributed by atoms with Gasteiger partial charge in [-0.25, -0.2) is 0 Å². The Labute approximate surface area is 130 Å². The van der Waals surface area contributed by atoms with Gasteiger partial charge in [-0.3, -0.25) is 9.00 Å². The molecular weight excluding hydrogens is 308 g/mol. The van der Waals surface area contributed by atoms with Crippen molar-refractivity contribution in [3.63, 3.8) is 0 Å². The van der Waals surface area contributed by atoms with Crippen LogP contribution in [0.5, 0.6) is 0 Å². The van der Waals surface area contributed by atoms with Gasteiger partial charge >= 0.3 is 0 Å². The van der Waals surface area contributed by atoms with Crippen LogP contribution in [0.25, 0.3) is 0 Å². The van der Waals surface area contributed by atoms with Crippen molar-refractivity contribution >= 4 is 39.7 Å². The van der Waals surface area contributed by atoms with Crippen LogP contribution in [0.15, 0.2) is 53.4 Å². The molecule has 110 valence electrons. The van der Waals surface area contributed by atoms with Crippen LogP contribution in [0.4, 0.5) is 11.4 Å². The second kappa shape index (κ2) is 6.74. The molecule has 2 rings (SSSR count). The molecule has 2 atom stereocenters. The van der Waals surface area contributed by atoms with Crippen LogP contribution in [0.2, 0.25) is 5.02 Å². The van der Waals surface area contributed by atoms with Crippen molar-refractivity contribution in [2.24, 2.45) is 0 Å². The van der Waals surface area contributed by atoms with E-state index in [0.29, 0.717) is 21.3 Å². The first-order valence-electron chi connectivity index (χ1n) is 6.30. The molecule has 0 spiro atoms. The summed E-state index contributed by atoms with van der Waals surface area (Å²) < 4.78 is 12.4. The highest BCUT2D eigenvalue weighted by Gasteiger charge is 2.21. The molecule has 0 radical (unpaired) electrons. The van der Waals surface area contributed by atoms with Crippen LogP contribution in [0.1, 0.15) is 6.92 Å². The maximum Gasteiger partial charge on any atom is 0.240 e. The molecule has 0 bridgehead atoms. The number of carbonyl (C=O) groups excluding carboxylic acids is 1. The number of halogens is 1. The standard InChI is InChI=1S/C15H15ClN2O2S/c1-10(21(20)14-4-2-3-11(16)9-14)15(19)18-13-7-5-12(17)6-8-13/h2-10H,17H2,1H3,(H,18,19). The summed E-state index contributed by atoms with van der Waals surface area (Å²) in [5, 5.41) is 2.51. The summed E-state index contributed by atoms with van der Waals surface area (Å²) in [5.41, 5.74) is 6.81. The van der Waals surface area contributed by atoms with Gasteiger partial charge in [0.1, 0.15) is 5.25 Å². The predicted molar refractivity (Wildman–Crippen MR) is 86.8 cm³/mol. The third-order valence-electron chi connectivity index (χ3n) is 2.90. The molecule has 21 heavy (non-hydrogen) atoms. The first-order valence-corrected chi connectivity index (χ1v) is 7.89. The Balaban J connectivity index is 2.08. The molecule has 1 amide bonds. The van der Waals surface area contributed by atoms with E-state index >= 15 is 0 Å². The van der Waals surface area contributed by atoms with Gasteiger partial charge in [0.15, 0.2) is 0 Å². The zero-order valence-electron chi connectivity index (χ0n) is 11.4. The van der Waals surface area contributed by atoms with Crippen molar-refractivity contribution in [2.45, 2.75) is 17.1 Å². The van der Waals surface area contributed by atoms with Crippen molar-refractivity contribution in [3.05, 3.63) is 53.6 Å². The van der Waals surface area contributed by atoms with E-state index in [2.05, 4.69) is 5.32 Å². The van der Waals surface area contributed by atoms with E-state index in [0.717, 1.165) is 0 Å². The Kier molecular flexibility index (Phi) is 4.98. The number of anilines is 2. The van der Waals surface area contributed by atoms with E-state index in [4.69, 9.17) is 17.3 Å². The van der Waals surface area contributed by atoms with Crippen LogP contribution in [-0.4, -0.2) is 15.4 Å². The van der Waals surface area contributed by atoms with E-state index in [1.54, 1.807) is 55.5 Å². The third kappa shape index (κ3) is 4.06. The van der Waals surface area contributed by atoms with Crippen LogP contribution >= 0.6 is 11.6 Å². The molecule has 0 heterocycles. The number of amides is 1. The number of nitrogens with one attached hydrogen (secondary N) is 1. The van der Waals surface area contributed by atoms with Gasteiger partial charge < -0.3 is 11.1 Å². The molecule has 0 saturated carbocycles. The van der Waals surface area contributed by atoms with Crippen LogP contribution in [0, 0.1) is 0 Å². The van der Waals surface area contributed by atoms with Gasteiger partial charge in [0, 0.05) is 21.3 Å². The molecule has 2 aromatic rings. The highest BCUT2D eigenvalue weighted by Crippen LogP contribution is 2.18. The summed E-state index contributed by atoms with van der Waals surface area (Å²) in [5.74, 6) is -0.321. The average molecular weight is 323 g/mol. The number of carbonyl (C=O) groups is 1. The Morgan fingerprint density at radius 3 is 2.52 bits per heavy atom. The smallest absolute Gasteiger partial charge is 0.240 e. The number of hydrogen-bond acceptors (Lipinski definition) is 3. The van der Waals surface area contributed by atoms with Crippen molar-refractivity contribution in [2.75, 3.05) is 11.1 Å². The van der Waals surface area contributed by atoms with Gasteiger partial charge in [0.2, 0.25) is 5.91 Å². The molecule has 2 unspecified atom stereocenters. The number of rotatable bonds is 4. The number of nitrogens with two attached hydrogens (primary N) is 1. The van der Waals surface area contributed by atoms with Crippen molar-refractivity contribution in [1.29, 1.82) is 0 Å². The lowest BCUT2D eigenvalue weighted by atomic mass is 10.3. The fourth-order valence-corrected chi connectivity index (χ4v) is 3.08. The molecule has 6 heteroatoms. The van der Waals surface area contributed by atoms with Gasteiger partial charge in [-0.1, -0.05) is 17.7 Å². The molecule has 4 nitrogen and oxygen atoms in total. The molecular formula is C15H15ClN2O2S. The lowest BCUT2D eigenvalue weighted by Crippen LogP contribution is -2.29. The summed E-state index contributed by atoms with van der Waals surface area (Å²) in [4.78, 5) is 12.7. The van der Waals surface area contributed by atoms with Gasteiger partial charge in [0.25, 0.3) is 0 Å². The van der Waals surface area contributed by atoms with Crippen molar-refractivity contribution < 1.29 is 9.00 Å². The number of benzene rings is 2. The lowest BCUT2D eigenvalue weighted by Gasteiger charge is -2.12. The Hall–Kier alpha value is -1.85.